The minimum Gasteiger partial charge on any atom is -0.206 e. The summed E-state index contributed by atoms with van der Waals surface area (Å²) in [4.78, 5) is 0. The Morgan fingerprint density at radius 2 is 2.29 bits per heavy atom. The van der Waals surface area contributed by atoms with E-state index in [9.17, 15) is 8.42 Å². The topological polar surface area (TPSA) is 70.0 Å². The smallest absolute Gasteiger partial charge is 0.206 e. The summed E-state index contributed by atoms with van der Waals surface area (Å²) in [6, 6.07) is 5.31. The van der Waals surface area contributed by atoms with Gasteiger partial charge in [0.2, 0.25) is 0 Å². The molecule has 0 amide bonds. The molecule has 4 nitrogen and oxygen atoms in total. The average molecular weight is 353 g/mol. The fourth-order valence-corrected chi connectivity index (χ4v) is 6.22. The second-order valence-corrected chi connectivity index (χ2v) is 9.14. The Balaban J connectivity index is 2.26. The van der Waals surface area contributed by atoms with Crippen LogP contribution in [0, 0.1) is 11.3 Å². The van der Waals surface area contributed by atoms with Gasteiger partial charge >= 0.3 is 0 Å². The van der Waals surface area contributed by atoms with E-state index in [1.165, 1.54) is 6.07 Å². The normalized spacial score (nSPS) is 24.7. The fraction of sp³-hybridized carbons (Fsp3) is 0.444. The molecule has 1 aliphatic rings. The number of halogens is 1. The molecule has 17 heavy (non-hydrogen) atoms. The predicted octanol–water partition coefficient (Wildman–Crippen LogP) is 2.19. The van der Waals surface area contributed by atoms with Gasteiger partial charge < -0.3 is 0 Å². The number of thioether (sulfide) groups is 1. The van der Waals surface area contributed by atoms with Gasteiger partial charge in [0.15, 0.2) is 0 Å². The first kappa shape index (κ1) is 13.4. The second-order valence-electron chi connectivity index (χ2n) is 3.66. The molecule has 1 aromatic heterocycles. The molecule has 2 rings (SSSR count). The van der Waals surface area contributed by atoms with Gasteiger partial charge in [0.1, 0.15) is 9.75 Å². The summed E-state index contributed by atoms with van der Waals surface area (Å²) < 4.78 is 27.7. The summed E-state index contributed by atoms with van der Waals surface area (Å²) in [5, 5.41) is 9.14. The minimum absolute atomic E-state index is 0.232. The monoisotopic (exact) mass is 352 g/mol. The summed E-state index contributed by atoms with van der Waals surface area (Å²) in [5.74, 6) is 1.32. The first-order valence-corrected chi connectivity index (χ1v) is 9.00. The van der Waals surface area contributed by atoms with Crippen molar-refractivity contribution in [3.63, 3.8) is 0 Å². The molecular weight excluding hydrogens is 344 g/mol. The highest BCUT2D eigenvalue weighted by molar-refractivity contribution is 9.11. The highest BCUT2D eigenvalue weighted by Crippen LogP contribution is 2.31. The van der Waals surface area contributed by atoms with Crippen molar-refractivity contribution in [3.05, 3.63) is 15.9 Å². The van der Waals surface area contributed by atoms with Crippen molar-refractivity contribution in [1.29, 1.82) is 5.26 Å². The lowest BCUT2D eigenvalue weighted by molar-refractivity contribution is 0.516. The molecular formula is C9H9BrN2O2S3. The maximum absolute atomic E-state index is 12.1. The third-order valence-electron chi connectivity index (χ3n) is 2.38. The van der Waals surface area contributed by atoms with Gasteiger partial charge in [-0.2, -0.15) is 21.7 Å². The van der Waals surface area contributed by atoms with E-state index >= 15 is 0 Å². The van der Waals surface area contributed by atoms with Crippen LogP contribution >= 0.6 is 39.0 Å². The molecule has 0 spiro atoms. The number of nitriles is 1. The van der Waals surface area contributed by atoms with Gasteiger partial charge in [-0.15, -0.1) is 11.3 Å². The van der Waals surface area contributed by atoms with Crippen LogP contribution in [0.5, 0.6) is 0 Å². The zero-order valence-electron chi connectivity index (χ0n) is 8.64. The zero-order chi connectivity index (χ0) is 12.5. The van der Waals surface area contributed by atoms with Crippen molar-refractivity contribution in [2.24, 2.45) is 0 Å². The lowest BCUT2D eigenvalue weighted by atomic mass is 10.0. The standard InChI is InChI=1S/C9H9BrN2O2S3/c10-7-1-2-8(16-7)17(13,14)12-9(5-11)3-4-15-6-9/h1-2,12H,3-4,6H2. The molecule has 2 heterocycles. The molecule has 0 bridgehead atoms. The molecule has 1 saturated heterocycles. The van der Waals surface area contributed by atoms with E-state index < -0.39 is 15.6 Å². The molecule has 0 saturated carbocycles. The van der Waals surface area contributed by atoms with Gasteiger partial charge in [0.05, 0.1) is 9.86 Å². The van der Waals surface area contributed by atoms with Crippen LogP contribution in [0.15, 0.2) is 20.1 Å². The predicted molar refractivity (Wildman–Crippen MR) is 72.6 cm³/mol. The van der Waals surface area contributed by atoms with Crippen molar-refractivity contribution >= 4 is 49.1 Å². The SMILES string of the molecule is N#CC1(NS(=O)(=O)c2ccc(Br)s2)CCSC1. The number of hydrogen-bond acceptors (Lipinski definition) is 5. The van der Waals surface area contributed by atoms with Crippen LogP contribution in [-0.2, 0) is 10.0 Å². The first-order valence-electron chi connectivity index (χ1n) is 4.76. The van der Waals surface area contributed by atoms with E-state index in [1.54, 1.807) is 17.8 Å². The number of rotatable bonds is 3. The number of thiophene rings is 1. The third-order valence-corrected chi connectivity index (χ3v) is 7.22. The first-order chi connectivity index (χ1) is 7.97. The largest absolute Gasteiger partial charge is 0.251 e. The number of nitrogens with zero attached hydrogens (tertiary/aromatic N) is 1. The third kappa shape index (κ3) is 2.85. The van der Waals surface area contributed by atoms with E-state index in [-0.39, 0.29) is 4.21 Å². The highest BCUT2D eigenvalue weighted by atomic mass is 79.9. The Kier molecular flexibility index (Phi) is 3.85. The van der Waals surface area contributed by atoms with Crippen molar-refractivity contribution in [3.8, 4) is 6.07 Å². The Bertz CT molecular complexity index is 555. The van der Waals surface area contributed by atoms with Crippen LogP contribution in [0.3, 0.4) is 0 Å². The summed E-state index contributed by atoms with van der Waals surface area (Å²) in [6.45, 7) is 0. The maximum atomic E-state index is 12.1. The van der Waals surface area contributed by atoms with E-state index in [0.717, 1.165) is 20.9 Å². The molecule has 1 unspecified atom stereocenters. The highest BCUT2D eigenvalue weighted by Gasteiger charge is 2.39. The summed E-state index contributed by atoms with van der Waals surface area (Å²) in [6.07, 6.45) is 0.555. The number of hydrogen-bond donors (Lipinski definition) is 1. The molecule has 1 aromatic rings. The maximum Gasteiger partial charge on any atom is 0.251 e. The molecule has 0 aromatic carbocycles. The van der Waals surface area contributed by atoms with Crippen LogP contribution in [-0.4, -0.2) is 25.5 Å². The number of sulfonamides is 1. The minimum atomic E-state index is -3.59. The van der Waals surface area contributed by atoms with Gasteiger partial charge in [-0.05, 0) is 40.2 Å². The summed E-state index contributed by atoms with van der Waals surface area (Å²) >= 11 is 5.95. The van der Waals surface area contributed by atoms with Crippen LogP contribution in [0.1, 0.15) is 6.42 Å². The molecule has 0 radical (unpaired) electrons. The second kappa shape index (κ2) is 4.90. The van der Waals surface area contributed by atoms with Crippen LogP contribution < -0.4 is 4.72 Å². The molecule has 92 valence electrons. The molecule has 8 heteroatoms. The van der Waals surface area contributed by atoms with Crippen LogP contribution in [0.4, 0.5) is 0 Å². The van der Waals surface area contributed by atoms with Gasteiger partial charge in [-0.1, -0.05) is 0 Å². The molecule has 0 aliphatic carbocycles. The lowest BCUT2D eigenvalue weighted by Crippen LogP contribution is -2.47. The van der Waals surface area contributed by atoms with E-state index in [4.69, 9.17) is 5.26 Å². The molecule has 1 atom stereocenters. The van der Waals surface area contributed by atoms with Gasteiger partial charge in [-0.25, -0.2) is 8.42 Å². The summed E-state index contributed by atoms with van der Waals surface area (Å²) in [7, 11) is -3.59. The average Bonchev–Trinajstić information content (AvgIpc) is 2.87. The molecule has 1 aliphatic heterocycles. The van der Waals surface area contributed by atoms with E-state index in [1.807, 2.05) is 0 Å². The van der Waals surface area contributed by atoms with Crippen LogP contribution in [0.25, 0.3) is 0 Å². The lowest BCUT2D eigenvalue weighted by Gasteiger charge is -2.20. The Hall–Kier alpha value is -0.0700. The Labute approximate surface area is 117 Å². The van der Waals surface area contributed by atoms with Crippen molar-refractivity contribution in [1.82, 2.24) is 4.72 Å². The summed E-state index contributed by atoms with van der Waals surface area (Å²) in [5.41, 5.74) is -0.944. The van der Waals surface area contributed by atoms with Crippen LogP contribution in [0.2, 0.25) is 0 Å². The van der Waals surface area contributed by atoms with Gasteiger partial charge in [0, 0.05) is 5.75 Å². The molecule has 1 fully saturated rings. The Morgan fingerprint density at radius 1 is 1.53 bits per heavy atom. The van der Waals surface area contributed by atoms with Gasteiger partial charge in [-0.3, -0.25) is 0 Å². The quantitative estimate of drug-likeness (QED) is 0.904. The Morgan fingerprint density at radius 3 is 2.76 bits per heavy atom. The van der Waals surface area contributed by atoms with Crippen molar-refractivity contribution < 1.29 is 8.42 Å². The van der Waals surface area contributed by atoms with Gasteiger partial charge in [0.25, 0.3) is 10.0 Å². The number of nitrogens with one attached hydrogen (secondary N) is 1. The van der Waals surface area contributed by atoms with Crippen molar-refractivity contribution in [2.45, 2.75) is 16.2 Å². The van der Waals surface area contributed by atoms with E-state index in [2.05, 4.69) is 26.7 Å². The van der Waals surface area contributed by atoms with Crippen molar-refractivity contribution in [2.75, 3.05) is 11.5 Å². The van der Waals surface area contributed by atoms with E-state index in [0.29, 0.717) is 12.2 Å². The fourth-order valence-electron chi connectivity index (χ4n) is 1.51. The molecule has 1 N–H and O–H groups in total. The zero-order valence-corrected chi connectivity index (χ0v) is 12.7.